The van der Waals surface area contributed by atoms with Gasteiger partial charge in [0.1, 0.15) is 6.10 Å². The first-order chi connectivity index (χ1) is 12.1. The zero-order valence-electron chi connectivity index (χ0n) is 14.6. The number of ether oxygens (including phenoxy) is 1. The molecule has 1 aliphatic rings. The van der Waals surface area contributed by atoms with Gasteiger partial charge in [-0.1, -0.05) is 17.3 Å². The standard InChI is InChI=1S/C18H21N5O2/c1-11-8-23(10-17(24-11)18-20-13(3)22-25-18)9-16-12(2)19-14-6-4-5-7-15(14)21-16/h4-7,11,17H,8-10H2,1-3H3/t11-,17-/m1/s1. The predicted molar refractivity (Wildman–Crippen MR) is 91.9 cm³/mol. The highest BCUT2D eigenvalue weighted by atomic mass is 16.5. The molecule has 1 aliphatic heterocycles. The van der Waals surface area contributed by atoms with Gasteiger partial charge in [0.25, 0.3) is 5.89 Å². The minimum atomic E-state index is -0.210. The summed E-state index contributed by atoms with van der Waals surface area (Å²) in [6, 6.07) is 7.96. The van der Waals surface area contributed by atoms with E-state index in [1.165, 1.54) is 0 Å². The first kappa shape index (κ1) is 16.1. The number of para-hydroxylation sites is 2. The summed E-state index contributed by atoms with van der Waals surface area (Å²) in [5.74, 6) is 1.16. The van der Waals surface area contributed by atoms with Crippen LogP contribution < -0.4 is 0 Å². The molecule has 3 heterocycles. The Balaban J connectivity index is 1.56. The first-order valence-electron chi connectivity index (χ1n) is 8.49. The van der Waals surface area contributed by atoms with Gasteiger partial charge in [-0.3, -0.25) is 4.90 Å². The van der Waals surface area contributed by atoms with E-state index >= 15 is 0 Å². The topological polar surface area (TPSA) is 77.2 Å². The molecule has 2 aromatic heterocycles. The Bertz CT molecular complexity index is 894. The fourth-order valence-electron chi connectivity index (χ4n) is 3.23. The van der Waals surface area contributed by atoms with Gasteiger partial charge in [-0.05, 0) is 32.9 Å². The molecule has 0 saturated carbocycles. The lowest BCUT2D eigenvalue weighted by Gasteiger charge is -2.35. The molecular formula is C18H21N5O2. The summed E-state index contributed by atoms with van der Waals surface area (Å²) in [6.07, 6.45) is -0.127. The molecule has 0 bridgehead atoms. The SMILES string of the molecule is Cc1noc([C@H]2CN(Cc3nc4ccccc4nc3C)C[C@@H](C)O2)n1. The zero-order chi connectivity index (χ0) is 17.4. The Hall–Kier alpha value is -2.38. The van der Waals surface area contributed by atoms with Crippen molar-refractivity contribution < 1.29 is 9.26 Å². The van der Waals surface area contributed by atoms with Crippen molar-refractivity contribution in [3.05, 3.63) is 47.4 Å². The molecule has 0 N–H and O–H groups in total. The third-order valence-electron chi connectivity index (χ3n) is 4.37. The van der Waals surface area contributed by atoms with Crippen molar-refractivity contribution in [2.75, 3.05) is 13.1 Å². The van der Waals surface area contributed by atoms with E-state index in [2.05, 4.69) is 26.9 Å². The van der Waals surface area contributed by atoms with Crippen LogP contribution in [0, 0.1) is 13.8 Å². The Labute approximate surface area is 146 Å². The third-order valence-corrected chi connectivity index (χ3v) is 4.37. The molecule has 7 heteroatoms. The number of morpholine rings is 1. The number of aryl methyl sites for hydroxylation is 2. The quantitative estimate of drug-likeness (QED) is 0.726. The monoisotopic (exact) mass is 339 g/mol. The Morgan fingerprint density at radius 1 is 1.08 bits per heavy atom. The Morgan fingerprint density at radius 3 is 2.56 bits per heavy atom. The number of benzene rings is 1. The normalized spacial score (nSPS) is 21.7. The molecule has 4 rings (SSSR count). The van der Waals surface area contributed by atoms with E-state index < -0.39 is 0 Å². The summed E-state index contributed by atoms with van der Waals surface area (Å²) in [5.41, 5.74) is 3.81. The van der Waals surface area contributed by atoms with E-state index in [4.69, 9.17) is 14.2 Å². The summed E-state index contributed by atoms with van der Waals surface area (Å²) >= 11 is 0. The zero-order valence-corrected chi connectivity index (χ0v) is 14.6. The lowest BCUT2D eigenvalue weighted by atomic mass is 10.2. The maximum atomic E-state index is 5.98. The molecule has 130 valence electrons. The molecular weight excluding hydrogens is 318 g/mol. The van der Waals surface area contributed by atoms with E-state index in [1.807, 2.05) is 38.1 Å². The van der Waals surface area contributed by atoms with E-state index in [0.29, 0.717) is 18.3 Å². The fourth-order valence-corrected chi connectivity index (χ4v) is 3.23. The van der Waals surface area contributed by atoms with Crippen LogP contribution in [0.2, 0.25) is 0 Å². The van der Waals surface area contributed by atoms with Gasteiger partial charge in [-0.25, -0.2) is 9.97 Å². The summed E-state index contributed by atoms with van der Waals surface area (Å²) in [4.78, 5) is 16.1. The number of aromatic nitrogens is 4. The van der Waals surface area contributed by atoms with Crippen LogP contribution in [0.3, 0.4) is 0 Å². The van der Waals surface area contributed by atoms with Gasteiger partial charge in [-0.15, -0.1) is 0 Å². The number of fused-ring (bicyclic) bond motifs is 1. The Morgan fingerprint density at radius 2 is 1.84 bits per heavy atom. The van der Waals surface area contributed by atoms with E-state index in [1.54, 1.807) is 0 Å². The molecule has 0 amide bonds. The van der Waals surface area contributed by atoms with E-state index in [9.17, 15) is 0 Å². The van der Waals surface area contributed by atoms with Gasteiger partial charge >= 0.3 is 0 Å². The minimum Gasteiger partial charge on any atom is -0.363 e. The second-order valence-electron chi connectivity index (χ2n) is 6.55. The van der Waals surface area contributed by atoms with Crippen LogP contribution in [0.4, 0.5) is 0 Å². The van der Waals surface area contributed by atoms with Gasteiger partial charge in [0.2, 0.25) is 0 Å². The van der Waals surface area contributed by atoms with Crippen LogP contribution in [-0.2, 0) is 11.3 Å². The van der Waals surface area contributed by atoms with Crippen molar-refractivity contribution in [3.8, 4) is 0 Å². The molecule has 3 aromatic rings. The molecule has 1 saturated heterocycles. The molecule has 2 atom stereocenters. The van der Waals surface area contributed by atoms with Crippen LogP contribution in [0.5, 0.6) is 0 Å². The summed E-state index contributed by atoms with van der Waals surface area (Å²) < 4.78 is 11.3. The maximum absolute atomic E-state index is 5.98. The number of nitrogens with zero attached hydrogens (tertiary/aromatic N) is 5. The molecule has 0 aliphatic carbocycles. The molecule has 0 spiro atoms. The molecule has 0 unspecified atom stereocenters. The van der Waals surface area contributed by atoms with E-state index in [-0.39, 0.29) is 12.2 Å². The van der Waals surface area contributed by atoms with Crippen LogP contribution in [0.25, 0.3) is 11.0 Å². The van der Waals surface area contributed by atoms with Crippen molar-refractivity contribution in [1.29, 1.82) is 0 Å². The second-order valence-corrected chi connectivity index (χ2v) is 6.55. The van der Waals surface area contributed by atoms with Gasteiger partial charge in [0, 0.05) is 19.6 Å². The fraction of sp³-hybridized carbons (Fsp3) is 0.444. The predicted octanol–water partition coefficient (Wildman–Crippen LogP) is 2.59. The third kappa shape index (κ3) is 3.38. The molecule has 0 radical (unpaired) electrons. The van der Waals surface area contributed by atoms with Crippen molar-refractivity contribution in [1.82, 2.24) is 25.0 Å². The van der Waals surface area contributed by atoms with Crippen LogP contribution >= 0.6 is 0 Å². The van der Waals surface area contributed by atoms with E-state index in [0.717, 1.165) is 35.5 Å². The first-order valence-corrected chi connectivity index (χ1v) is 8.49. The number of rotatable bonds is 3. The smallest absolute Gasteiger partial charge is 0.257 e. The summed E-state index contributed by atoms with van der Waals surface area (Å²) in [6.45, 7) is 8.13. The number of hydrogen-bond donors (Lipinski definition) is 0. The molecule has 25 heavy (non-hydrogen) atoms. The average Bonchev–Trinajstić information content (AvgIpc) is 3.02. The highest BCUT2D eigenvalue weighted by molar-refractivity contribution is 5.74. The van der Waals surface area contributed by atoms with Crippen LogP contribution in [0.15, 0.2) is 28.8 Å². The van der Waals surface area contributed by atoms with Crippen LogP contribution in [-0.4, -0.2) is 44.2 Å². The van der Waals surface area contributed by atoms with Crippen molar-refractivity contribution in [2.45, 2.75) is 39.5 Å². The van der Waals surface area contributed by atoms with Crippen molar-refractivity contribution in [2.24, 2.45) is 0 Å². The van der Waals surface area contributed by atoms with Crippen LogP contribution in [0.1, 0.15) is 36.1 Å². The van der Waals surface area contributed by atoms with Gasteiger partial charge in [-0.2, -0.15) is 4.98 Å². The Kier molecular flexibility index (Phi) is 4.19. The van der Waals surface area contributed by atoms with Gasteiger partial charge in [0.05, 0.1) is 28.5 Å². The average molecular weight is 339 g/mol. The summed E-state index contributed by atoms with van der Waals surface area (Å²) in [5, 5.41) is 3.87. The van der Waals surface area contributed by atoms with Crippen molar-refractivity contribution >= 4 is 11.0 Å². The molecule has 1 fully saturated rings. The second kappa shape index (κ2) is 6.50. The van der Waals surface area contributed by atoms with Gasteiger partial charge < -0.3 is 9.26 Å². The van der Waals surface area contributed by atoms with Crippen molar-refractivity contribution in [3.63, 3.8) is 0 Å². The number of hydrogen-bond acceptors (Lipinski definition) is 7. The highest BCUT2D eigenvalue weighted by Crippen LogP contribution is 2.25. The summed E-state index contributed by atoms with van der Waals surface area (Å²) in [7, 11) is 0. The molecule has 7 nitrogen and oxygen atoms in total. The lowest BCUT2D eigenvalue weighted by Crippen LogP contribution is -2.42. The lowest BCUT2D eigenvalue weighted by molar-refractivity contribution is -0.0933. The maximum Gasteiger partial charge on any atom is 0.257 e. The highest BCUT2D eigenvalue weighted by Gasteiger charge is 2.30. The van der Waals surface area contributed by atoms with Gasteiger partial charge in [0.15, 0.2) is 5.82 Å². The largest absolute Gasteiger partial charge is 0.363 e. The molecule has 1 aromatic carbocycles. The minimum absolute atomic E-state index is 0.0830.